The van der Waals surface area contributed by atoms with Gasteiger partial charge < -0.3 is 11.1 Å². The summed E-state index contributed by atoms with van der Waals surface area (Å²) >= 11 is 0. The second-order valence-electron chi connectivity index (χ2n) is 8.39. The molecule has 8 nitrogen and oxygen atoms in total. The lowest BCUT2D eigenvalue weighted by Gasteiger charge is -2.07. The minimum atomic E-state index is -0.162. The molecule has 8 heteroatoms. The quantitative estimate of drug-likeness (QED) is 0.394. The van der Waals surface area contributed by atoms with Crippen molar-refractivity contribution in [1.29, 1.82) is 0 Å². The van der Waals surface area contributed by atoms with Gasteiger partial charge in [0.2, 0.25) is 0 Å². The molecule has 0 aliphatic heterocycles. The third-order valence-corrected chi connectivity index (χ3v) is 5.68. The van der Waals surface area contributed by atoms with Crippen LogP contribution in [0.5, 0.6) is 0 Å². The van der Waals surface area contributed by atoms with E-state index in [1.54, 1.807) is 23.3 Å². The van der Waals surface area contributed by atoms with Crippen molar-refractivity contribution >= 4 is 22.5 Å². The zero-order valence-electron chi connectivity index (χ0n) is 18.8. The number of nitrogens with zero attached hydrogens (tertiary/aromatic N) is 5. The summed E-state index contributed by atoms with van der Waals surface area (Å²) in [6.45, 7) is 3.78. The first-order valence-electron chi connectivity index (χ1n) is 11.0. The van der Waals surface area contributed by atoms with E-state index in [9.17, 15) is 4.79 Å². The zero-order valence-corrected chi connectivity index (χ0v) is 18.8. The van der Waals surface area contributed by atoms with Crippen LogP contribution in [-0.2, 0) is 19.6 Å². The van der Waals surface area contributed by atoms with Gasteiger partial charge in [0.25, 0.3) is 5.91 Å². The Morgan fingerprint density at radius 3 is 2.29 bits per heavy atom. The third-order valence-electron chi connectivity index (χ3n) is 5.68. The van der Waals surface area contributed by atoms with E-state index in [-0.39, 0.29) is 5.91 Å². The van der Waals surface area contributed by atoms with Crippen molar-refractivity contribution in [3.63, 3.8) is 0 Å². The van der Waals surface area contributed by atoms with Crippen LogP contribution in [0.4, 0.5) is 5.82 Å². The summed E-state index contributed by atoms with van der Waals surface area (Å²) in [5, 5.41) is 13.5. The highest BCUT2D eigenvalue weighted by Crippen LogP contribution is 2.20. The van der Waals surface area contributed by atoms with E-state index in [1.807, 2.05) is 48.3 Å². The first kappa shape index (κ1) is 21.4. The fourth-order valence-electron chi connectivity index (χ4n) is 3.89. The number of aromatic nitrogens is 5. The monoisotopic (exact) mass is 451 g/mol. The molecule has 0 aliphatic carbocycles. The van der Waals surface area contributed by atoms with Gasteiger partial charge in [-0.15, -0.1) is 0 Å². The molecule has 0 aliphatic rings. The van der Waals surface area contributed by atoms with Crippen LogP contribution in [0, 0.1) is 6.92 Å². The Bertz CT molecular complexity index is 1450. The van der Waals surface area contributed by atoms with Crippen LogP contribution in [0.3, 0.4) is 0 Å². The van der Waals surface area contributed by atoms with Crippen molar-refractivity contribution < 1.29 is 4.79 Å². The van der Waals surface area contributed by atoms with Gasteiger partial charge in [0.1, 0.15) is 5.82 Å². The average molecular weight is 452 g/mol. The second kappa shape index (κ2) is 9.19. The van der Waals surface area contributed by atoms with Gasteiger partial charge in [0, 0.05) is 30.5 Å². The Balaban J connectivity index is 1.18. The van der Waals surface area contributed by atoms with Crippen LogP contribution in [0.1, 0.15) is 32.6 Å². The smallest absolute Gasteiger partial charge is 0.254 e. The van der Waals surface area contributed by atoms with Crippen LogP contribution in [0.25, 0.3) is 10.8 Å². The van der Waals surface area contributed by atoms with Crippen LogP contribution in [0.2, 0.25) is 0 Å². The normalized spacial score (nSPS) is 11.1. The van der Waals surface area contributed by atoms with Crippen LogP contribution in [-0.4, -0.2) is 30.5 Å². The molecule has 2 aromatic carbocycles. The average Bonchev–Trinajstić information content (AvgIpc) is 3.47. The Kier molecular flexibility index (Phi) is 5.78. The predicted molar refractivity (Wildman–Crippen MR) is 131 cm³/mol. The first-order chi connectivity index (χ1) is 16.5. The van der Waals surface area contributed by atoms with Crippen molar-refractivity contribution in [1.82, 2.24) is 29.9 Å². The molecule has 0 saturated heterocycles. The molecule has 0 atom stereocenters. The highest BCUT2D eigenvalue weighted by atomic mass is 16.1. The number of anilines is 1. The summed E-state index contributed by atoms with van der Waals surface area (Å²) in [6.07, 6.45) is 8.93. The molecule has 1 amide bonds. The van der Waals surface area contributed by atoms with Gasteiger partial charge in [-0.1, -0.05) is 36.4 Å². The number of carbonyl (C=O) groups excluding carboxylic acids is 1. The summed E-state index contributed by atoms with van der Waals surface area (Å²) in [7, 11) is 0. The van der Waals surface area contributed by atoms with Crippen molar-refractivity contribution in [2.45, 2.75) is 26.6 Å². The first-order valence-corrected chi connectivity index (χ1v) is 11.0. The number of hydrogen-bond donors (Lipinski definition) is 2. The molecular formula is C26H25N7O. The molecule has 170 valence electrons. The topological polar surface area (TPSA) is 104 Å². The highest BCUT2D eigenvalue weighted by Gasteiger charge is 2.09. The highest BCUT2D eigenvalue weighted by molar-refractivity contribution is 5.94. The number of rotatable bonds is 7. The zero-order chi connectivity index (χ0) is 23.5. The van der Waals surface area contributed by atoms with Crippen molar-refractivity contribution in [2.24, 2.45) is 0 Å². The Labute approximate surface area is 197 Å². The Morgan fingerprint density at radius 2 is 1.59 bits per heavy atom. The summed E-state index contributed by atoms with van der Waals surface area (Å²) in [5.74, 6) is 0.341. The molecule has 0 radical (unpaired) electrons. The number of nitrogens with one attached hydrogen (secondary N) is 1. The fourth-order valence-corrected chi connectivity index (χ4v) is 3.89. The number of fused-ring (bicyclic) bond motifs is 1. The number of nitrogen functional groups attached to an aromatic ring is 1. The van der Waals surface area contributed by atoms with Crippen LogP contribution in [0.15, 0.2) is 79.5 Å². The van der Waals surface area contributed by atoms with Crippen molar-refractivity contribution in [2.75, 3.05) is 5.73 Å². The van der Waals surface area contributed by atoms with E-state index >= 15 is 0 Å². The number of aryl methyl sites for hydroxylation is 1. The van der Waals surface area contributed by atoms with Crippen LogP contribution < -0.4 is 11.1 Å². The maximum atomic E-state index is 12.6. The summed E-state index contributed by atoms with van der Waals surface area (Å²) in [5.41, 5.74) is 10.9. The lowest BCUT2D eigenvalue weighted by atomic mass is 10.1. The largest absolute Gasteiger partial charge is 0.383 e. The van der Waals surface area contributed by atoms with E-state index in [2.05, 4.69) is 44.8 Å². The molecule has 5 rings (SSSR count). The lowest BCUT2D eigenvalue weighted by Crippen LogP contribution is -2.22. The molecule has 34 heavy (non-hydrogen) atoms. The Hall–Kier alpha value is -4.46. The van der Waals surface area contributed by atoms with Gasteiger partial charge in [-0.3, -0.25) is 14.2 Å². The van der Waals surface area contributed by atoms with Crippen molar-refractivity contribution in [3.8, 4) is 0 Å². The van der Waals surface area contributed by atoms with Crippen molar-refractivity contribution in [3.05, 3.63) is 107 Å². The van der Waals surface area contributed by atoms with E-state index in [4.69, 9.17) is 5.73 Å². The number of hydrogen-bond acceptors (Lipinski definition) is 5. The molecular weight excluding hydrogens is 426 g/mol. The van der Waals surface area contributed by atoms with Crippen LogP contribution >= 0.6 is 0 Å². The summed E-state index contributed by atoms with van der Waals surface area (Å²) in [6, 6.07) is 16.1. The summed E-state index contributed by atoms with van der Waals surface area (Å²) in [4.78, 5) is 16.7. The maximum Gasteiger partial charge on any atom is 0.254 e. The predicted octanol–water partition coefficient (Wildman–Crippen LogP) is 3.55. The summed E-state index contributed by atoms with van der Waals surface area (Å²) < 4.78 is 3.69. The van der Waals surface area contributed by atoms with Gasteiger partial charge in [0.15, 0.2) is 0 Å². The van der Waals surface area contributed by atoms with E-state index < -0.39 is 0 Å². The number of amides is 1. The Morgan fingerprint density at radius 1 is 0.912 bits per heavy atom. The number of carbonyl (C=O) groups is 1. The molecule has 0 fully saturated rings. The van der Waals surface area contributed by atoms with E-state index in [0.717, 1.165) is 34.0 Å². The minimum Gasteiger partial charge on any atom is -0.383 e. The molecule has 3 aromatic heterocycles. The van der Waals surface area contributed by atoms with E-state index in [1.165, 1.54) is 5.56 Å². The third kappa shape index (κ3) is 4.80. The second-order valence-corrected chi connectivity index (χ2v) is 8.39. The van der Waals surface area contributed by atoms with Gasteiger partial charge >= 0.3 is 0 Å². The standard InChI is InChI=1S/C26H25N7O/c1-18-11-30-32(14-18)15-19-2-4-20(5-3-19)16-33-17-23(13-31-33)26(34)29-12-21-6-7-24-22(10-21)8-9-28-25(24)27/h2-11,13-14,17H,12,15-16H2,1H3,(H2,27,28)(H,29,34). The maximum absolute atomic E-state index is 12.6. The number of benzene rings is 2. The molecule has 0 bridgehead atoms. The molecule has 5 aromatic rings. The number of pyridine rings is 1. The van der Waals surface area contributed by atoms with Gasteiger partial charge in [-0.25, -0.2) is 4.98 Å². The molecule has 0 spiro atoms. The van der Waals surface area contributed by atoms with E-state index in [0.29, 0.717) is 24.5 Å². The minimum absolute atomic E-state index is 0.162. The van der Waals surface area contributed by atoms with Gasteiger partial charge in [-0.05, 0) is 46.7 Å². The molecule has 0 unspecified atom stereocenters. The van der Waals surface area contributed by atoms with Gasteiger partial charge in [-0.2, -0.15) is 10.2 Å². The number of nitrogens with two attached hydrogens (primary N) is 1. The SMILES string of the molecule is Cc1cnn(Cc2ccc(Cn3cc(C(=O)NCc4ccc5c(N)nccc5c4)cn3)cc2)c1. The molecule has 3 N–H and O–H groups in total. The van der Waals surface area contributed by atoms with Gasteiger partial charge in [0.05, 0.1) is 31.0 Å². The molecule has 3 heterocycles. The molecule has 0 saturated carbocycles. The fraction of sp³-hybridized carbons (Fsp3) is 0.154. The lowest BCUT2D eigenvalue weighted by molar-refractivity contribution is 0.0951.